The Labute approximate surface area is 125 Å². The lowest BCUT2D eigenvalue weighted by Crippen LogP contribution is -2.11. The summed E-state index contributed by atoms with van der Waals surface area (Å²) in [5.74, 6) is 0.00605. The van der Waals surface area contributed by atoms with Gasteiger partial charge in [0, 0.05) is 5.56 Å². The number of rotatable bonds is 4. The Balaban J connectivity index is 1.97. The van der Waals surface area contributed by atoms with Crippen molar-refractivity contribution in [2.45, 2.75) is 6.61 Å². The second-order valence-electron chi connectivity index (χ2n) is 4.51. The van der Waals surface area contributed by atoms with Crippen LogP contribution in [0.4, 0.5) is 5.13 Å². The van der Waals surface area contributed by atoms with E-state index >= 15 is 0 Å². The number of nitrogen functional groups attached to an aromatic ring is 1. The van der Waals surface area contributed by atoms with E-state index in [2.05, 4.69) is 4.98 Å². The van der Waals surface area contributed by atoms with Gasteiger partial charge in [-0.15, -0.1) is 0 Å². The van der Waals surface area contributed by atoms with Crippen LogP contribution in [0.5, 0.6) is 5.75 Å². The van der Waals surface area contributed by atoms with E-state index in [1.54, 1.807) is 12.1 Å². The normalized spacial score (nSPS) is 10.7. The molecular weight excluding hydrogens is 286 g/mol. The summed E-state index contributed by atoms with van der Waals surface area (Å²) < 4.78 is 6.57. The molecule has 5 nitrogen and oxygen atoms in total. The van der Waals surface area contributed by atoms with E-state index in [4.69, 9.17) is 16.2 Å². The Bertz CT molecular complexity index is 799. The molecule has 1 heterocycles. The third-order valence-electron chi connectivity index (χ3n) is 3.00. The Hall–Kier alpha value is -2.60. The maximum atomic E-state index is 11.4. The van der Waals surface area contributed by atoms with Crippen LogP contribution in [0.2, 0.25) is 0 Å². The summed E-state index contributed by atoms with van der Waals surface area (Å²) in [4.78, 5) is 15.6. The first-order valence-electron chi connectivity index (χ1n) is 6.30. The van der Waals surface area contributed by atoms with Crippen molar-refractivity contribution in [3.63, 3.8) is 0 Å². The van der Waals surface area contributed by atoms with Gasteiger partial charge in [-0.25, -0.2) is 4.98 Å². The lowest BCUT2D eigenvalue weighted by atomic mass is 10.2. The second-order valence-corrected chi connectivity index (χ2v) is 5.57. The topological polar surface area (TPSA) is 91.2 Å². The van der Waals surface area contributed by atoms with Crippen LogP contribution in [0.25, 0.3) is 10.2 Å². The Morgan fingerprint density at radius 1 is 1.24 bits per heavy atom. The molecule has 0 unspecified atom stereocenters. The lowest BCUT2D eigenvalue weighted by molar-refractivity contribution is 0.1000. The van der Waals surface area contributed by atoms with Crippen molar-refractivity contribution in [3.8, 4) is 5.75 Å². The summed E-state index contributed by atoms with van der Waals surface area (Å²) in [5, 5.41) is 0.427. The van der Waals surface area contributed by atoms with E-state index in [-0.39, 0.29) is 0 Å². The zero-order valence-corrected chi connectivity index (χ0v) is 11.9. The van der Waals surface area contributed by atoms with Gasteiger partial charge in [0.2, 0.25) is 5.91 Å². The lowest BCUT2D eigenvalue weighted by Gasteiger charge is -2.08. The highest BCUT2D eigenvalue weighted by Crippen LogP contribution is 2.33. The first-order chi connectivity index (χ1) is 10.1. The number of carbonyl (C=O) groups excluding carboxylic acids is 1. The number of anilines is 1. The van der Waals surface area contributed by atoms with Gasteiger partial charge < -0.3 is 16.2 Å². The number of benzene rings is 2. The fourth-order valence-corrected chi connectivity index (χ4v) is 2.79. The van der Waals surface area contributed by atoms with Crippen LogP contribution in [0.3, 0.4) is 0 Å². The largest absolute Gasteiger partial charge is 0.487 e. The molecule has 0 fully saturated rings. The molecule has 0 aliphatic heterocycles. The minimum absolute atomic E-state index is 0.384. The van der Waals surface area contributed by atoms with E-state index in [1.807, 2.05) is 30.3 Å². The molecule has 0 aliphatic rings. The number of nitrogens with zero attached hydrogens (tertiary/aromatic N) is 1. The number of carbonyl (C=O) groups is 1. The standard InChI is InChI=1S/C15H13N3O2S/c16-14(19)10-6-11(13-12(7-10)21-15(17)18-13)20-8-9-4-2-1-3-5-9/h1-7H,8H2,(H2,16,19)(H2,17,18). The first kappa shape index (κ1) is 13.4. The van der Waals surface area contributed by atoms with Crippen LogP contribution < -0.4 is 16.2 Å². The fourth-order valence-electron chi connectivity index (χ4n) is 2.00. The number of thiazole rings is 1. The summed E-state index contributed by atoms with van der Waals surface area (Å²) in [5.41, 5.74) is 13.1. The van der Waals surface area contributed by atoms with E-state index in [0.717, 1.165) is 10.3 Å². The minimum Gasteiger partial charge on any atom is -0.487 e. The molecule has 3 aromatic rings. The average molecular weight is 299 g/mol. The summed E-state index contributed by atoms with van der Waals surface area (Å²) >= 11 is 1.30. The zero-order valence-electron chi connectivity index (χ0n) is 11.1. The predicted molar refractivity (Wildman–Crippen MR) is 83.3 cm³/mol. The molecule has 3 rings (SSSR count). The van der Waals surface area contributed by atoms with Gasteiger partial charge in [0.1, 0.15) is 17.9 Å². The van der Waals surface area contributed by atoms with Crippen molar-refractivity contribution in [3.05, 3.63) is 53.6 Å². The van der Waals surface area contributed by atoms with E-state index in [0.29, 0.717) is 28.6 Å². The molecule has 1 aromatic heterocycles. The van der Waals surface area contributed by atoms with Crippen molar-refractivity contribution in [2.75, 3.05) is 5.73 Å². The van der Waals surface area contributed by atoms with Gasteiger partial charge >= 0.3 is 0 Å². The fraction of sp³-hybridized carbons (Fsp3) is 0.0667. The van der Waals surface area contributed by atoms with Crippen LogP contribution in [-0.4, -0.2) is 10.9 Å². The van der Waals surface area contributed by atoms with Crippen LogP contribution in [0.1, 0.15) is 15.9 Å². The van der Waals surface area contributed by atoms with Crippen LogP contribution in [0.15, 0.2) is 42.5 Å². The molecule has 106 valence electrons. The molecule has 2 aromatic carbocycles. The number of fused-ring (bicyclic) bond motifs is 1. The molecule has 0 radical (unpaired) electrons. The molecule has 0 aliphatic carbocycles. The molecule has 6 heteroatoms. The molecule has 21 heavy (non-hydrogen) atoms. The van der Waals surface area contributed by atoms with Gasteiger partial charge in [0.15, 0.2) is 5.13 Å². The SMILES string of the molecule is NC(=O)c1cc(OCc2ccccc2)c2nc(N)sc2c1. The van der Waals surface area contributed by atoms with Crippen LogP contribution >= 0.6 is 11.3 Å². The maximum absolute atomic E-state index is 11.4. The van der Waals surface area contributed by atoms with Crippen molar-refractivity contribution >= 4 is 32.6 Å². The second kappa shape index (κ2) is 5.41. The van der Waals surface area contributed by atoms with Crippen molar-refractivity contribution < 1.29 is 9.53 Å². The van der Waals surface area contributed by atoms with Crippen molar-refractivity contribution in [1.29, 1.82) is 0 Å². The number of aromatic nitrogens is 1. The first-order valence-corrected chi connectivity index (χ1v) is 7.12. The van der Waals surface area contributed by atoms with Gasteiger partial charge in [-0.2, -0.15) is 0 Å². The molecule has 0 saturated carbocycles. The van der Waals surface area contributed by atoms with Gasteiger partial charge in [-0.05, 0) is 17.7 Å². The summed E-state index contributed by atoms with van der Waals surface area (Å²) in [6.45, 7) is 0.385. The van der Waals surface area contributed by atoms with Gasteiger partial charge in [-0.3, -0.25) is 4.79 Å². The molecule has 4 N–H and O–H groups in total. The highest BCUT2D eigenvalue weighted by molar-refractivity contribution is 7.22. The maximum Gasteiger partial charge on any atom is 0.248 e. The quantitative estimate of drug-likeness (QED) is 0.774. The summed E-state index contributed by atoms with van der Waals surface area (Å²) in [6, 6.07) is 13.0. The number of hydrogen-bond donors (Lipinski definition) is 2. The molecule has 0 atom stereocenters. The highest BCUT2D eigenvalue weighted by Gasteiger charge is 2.13. The average Bonchev–Trinajstić information content (AvgIpc) is 2.86. The number of ether oxygens (including phenoxy) is 1. The monoisotopic (exact) mass is 299 g/mol. The Morgan fingerprint density at radius 3 is 2.71 bits per heavy atom. The molecule has 0 saturated heterocycles. The van der Waals surface area contributed by atoms with E-state index in [9.17, 15) is 4.79 Å². The third kappa shape index (κ3) is 2.80. The minimum atomic E-state index is -0.506. The molecular formula is C15H13N3O2S. The number of amides is 1. The Morgan fingerprint density at radius 2 is 2.00 bits per heavy atom. The van der Waals surface area contributed by atoms with Gasteiger partial charge in [0.25, 0.3) is 0 Å². The smallest absolute Gasteiger partial charge is 0.248 e. The van der Waals surface area contributed by atoms with Gasteiger partial charge in [-0.1, -0.05) is 41.7 Å². The van der Waals surface area contributed by atoms with E-state index < -0.39 is 5.91 Å². The molecule has 0 spiro atoms. The zero-order chi connectivity index (χ0) is 14.8. The number of primary amides is 1. The van der Waals surface area contributed by atoms with Crippen molar-refractivity contribution in [1.82, 2.24) is 4.98 Å². The number of hydrogen-bond acceptors (Lipinski definition) is 5. The predicted octanol–water partition coefficient (Wildman–Crippen LogP) is 2.56. The highest BCUT2D eigenvalue weighted by atomic mass is 32.1. The van der Waals surface area contributed by atoms with Crippen LogP contribution in [-0.2, 0) is 6.61 Å². The molecule has 1 amide bonds. The third-order valence-corrected chi connectivity index (χ3v) is 3.83. The summed E-state index contributed by atoms with van der Waals surface area (Å²) in [6.07, 6.45) is 0. The van der Waals surface area contributed by atoms with Crippen LogP contribution in [0, 0.1) is 0 Å². The van der Waals surface area contributed by atoms with Crippen molar-refractivity contribution in [2.24, 2.45) is 5.73 Å². The molecule has 0 bridgehead atoms. The Kier molecular flexibility index (Phi) is 3.45. The van der Waals surface area contributed by atoms with Gasteiger partial charge in [0.05, 0.1) is 4.70 Å². The van der Waals surface area contributed by atoms with E-state index in [1.165, 1.54) is 11.3 Å². The number of nitrogens with two attached hydrogens (primary N) is 2. The summed E-state index contributed by atoms with van der Waals surface area (Å²) in [7, 11) is 0.